The van der Waals surface area contributed by atoms with E-state index in [0.29, 0.717) is 26.1 Å². The van der Waals surface area contributed by atoms with Crippen molar-refractivity contribution in [1.82, 2.24) is 9.80 Å². The molecule has 0 saturated carbocycles. The summed E-state index contributed by atoms with van der Waals surface area (Å²) in [6.07, 6.45) is 4.28. The molecule has 0 bridgehead atoms. The van der Waals surface area contributed by atoms with E-state index in [4.69, 9.17) is 0 Å². The first kappa shape index (κ1) is 15.8. The zero-order valence-corrected chi connectivity index (χ0v) is 12.3. The predicted octanol–water partition coefficient (Wildman–Crippen LogP) is 2.56. The Morgan fingerprint density at radius 3 is 2.53 bits per heavy atom. The molecule has 1 unspecified atom stereocenters. The van der Waals surface area contributed by atoms with Crippen LogP contribution in [0.1, 0.15) is 52.9 Å². The van der Waals surface area contributed by atoms with E-state index < -0.39 is 11.5 Å². The lowest BCUT2D eigenvalue weighted by molar-refractivity contribution is -0.150. The number of carbonyl (C=O) groups is 2. The minimum absolute atomic E-state index is 0.124. The first-order chi connectivity index (χ1) is 8.97. The summed E-state index contributed by atoms with van der Waals surface area (Å²) in [5, 5.41) is 9.43. The summed E-state index contributed by atoms with van der Waals surface area (Å²) in [5.74, 6) is -0.896. The fourth-order valence-electron chi connectivity index (χ4n) is 2.56. The molecular weight excluding hydrogens is 244 g/mol. The summed E-state index contributed by atoms with van der Waals surface area (Å²) in [4.78, 5) is 27.4. The summed E-state index contributed by atoms with van der Waals surface area (Å²) >= 11 is 0. The number of carboxylic acid groups (broad SMARTS) is 1. The van der Waals surface area contributed by atoms with Gasteiger partial charge in [0.2, 0.25) is 0 Å². The number of hydrogen-bond donors (Lipinski definition) is 1. The van der Waals surface area contributed by atoms with Crippen molar-refractivity contribution in [1.29, 1.82) is 0 Å². The largest absolute Gasteiger partial charge is 0.480 e. The molecule has 0 aromatic heterocycles. The summed E-state index contributed by atoms with van der Waals surface area (Å²) in [6, 6.07) is -0.124. The Morgan fingerprint density at radius 1 is 1.32 bits per heavy atom. The van der Waals surface area contributed by atoms with Gasteiger partial charge >= 0.3 is 12.0 Å². The smallest absolute Gasteiger partial charge is 0.329 e. The van der Waals surface area contributed by atoms with Crippen LogP contribution in [0, 0.1) is 0 Å². The molecule has 1 rings (SSSR count). The third-order valence-corrected chi connectivity index (χ3v) is 4.02. The number of nitrogens with zero attached hydrogens (tertiary/aromatic N) is 2. The fraction of sp³-hybridized carbons (Fsp3) is 0.857. The molecule has 1 heterocycles. The number of unbranched alkanes of at least 4 members (excludes halogenated alkanes) is 1. The number of piperidine rings is 1. The highest BCUT2D eigenvalue weighted by molar-refractivity contribution is 5.86. The second-order valence-electron chi connectivity index (χ2n) is 5.40. The normalized spacial score (nSPS) is 23.2. The van der Waals surface area contributed by atoms with E-state index in [1.807, 2.05) is 6.92 Å². The monoisotopic (exact) mass is 270 g/mol. The van der Waals surface area contributed by atoms with Crippen LogP contribution in [-0.2, 0) is 4.79 Å². The Labute approximate surface area is 115 Å². The van der Waals surface area contributed by atoms with Crippen LogP contribution in [0.2, 0.25) is 0 Å². The van der Waals surface area contributed by atoms with Gasteiger partial charge in [-0.25, -0.2) is 9.59 Å². The highest BCUT2D eigenvalue weighted by atomic mass is 16.4. The van der Waals surface area contributed by atoms with Crippen molar-refractivity contribution in [3.05, 3.63) is 0 Å². The molecule has 0 spiro atoms. The summed E-state index contributed by atoms with van der Waals surface area (Å²) in [7, 11) is 0. The highest BCUT2D eigenvalue weighted by Gasteiger charge is 2.44. The van der Waals surface area contributed by atoms with Gasteiger partial charge in [0.25, 0.3) is 0 Å². The van der Waals surface area contributed by atoms with Crippen LogP contribution in [0.25, 0.3) is 0 Å². The Hall–Kier alpha value is -1.26. The number of rotatable bonds is 5. The predicted molar refractivity (Wildman–Crippen MR) is 74.1 cm³/mol. The van der Waals surface area contributed by atoms with Gasteiger partial charge in [0, 0.05) is 19.6 Å². The molecule has 1 aliphatic heterocycles. The second kappa shape index (κ2) is 6.78. The summed E-state index contributed by atoms with van der Waals surface area (Å²) < 4.78 is 0. The minimum Gasteiger partial charge on any atom is -0.480 e. The van der Waals surface area contributed by atoms with Crippen LogP contribution < -0.4 is 0 Å². The van der Waals surface area contributed by atoms with Crippen molar-refractivity contribution in [2.24, 2.45) is 0 Å². The molecule has 0 aromatic rings. The maximum absolute atomic E-state index is 12.5. The standard InChI is InChI=1S/C14H26N2O3/c1-4-6-10-15(5-2)13(19)16-11-8-7-9-14(16,3)12(17)18/h4-11H2,1-3H3,(H,17,18). The highest BCUT2D eigenvalue weighted by Crippen LogP contribution is 2.29. The van der Waals surface area contributed by atoms with E-state index in [2.05, 4.69) is 6.92 Å². The Bertz CT molecular complexity index is 333. The molecule has 5 heteroatoms. The molecule has 1 atom stereocenters. The van der Waals surface area contributed by atoms with Crippen LogP contribution in [-0.4, -0.2) is 52.1 Å². The van der Waals surface area contributed by atoms with Crippen molar-refractivity contribution in [3.8, 4) is 0 Å². The maximum atomic E-state index is 12.5. The lowest BCUT2D eigenvalue weighted by atomic mass is 9.89. The quantitative estimate of drug-likeness (QED) is 0.835. The third kappa shape index (κ3) is 3.39. The van der Waals surface area contributed by atoms with E-state index in [1.165, 1.54) is 0 Å². The molecule has 5 nitrogen and oxygen atoms in total. The number of carbonyl (C=O) groups excluding carboxylic acids is 1. The van der Waals surface area contributed by atoms with Crippen LogP contribution in [0.4, 0.5) is 4.79 Å². The minimum atomic E-state index is -1.05. The van der Waals surface area contributed by atoms with E-state index in [-0.39, 0.29) is 6.03 Å². The fourth-order valence-corrected chi connectivity index (χ4v) is 2.56. The van der Waals surface area contributed by atoms with Gasteiger partial charge in [-0.15, -0.1) is 0 Å². The zero-order chi connectivity index (χ0) is 14.5. The summed E-state index contributed by atoms with van der Waals surface area (Å²) in [5.41, 5.74) is -1.05. The molecule has 1 saturated heterocycles. The van der Waals surface area contributed by atoms with Gasteiger partial charge in [-0.2, -0.15) is 0 Å². The van der Waals surface area contributed by atoms with Crippen molar-refractivity contribution in [2.45, 2.75) is 58.4 Å². The number of urea groups is 1. The molecule has 0 radical (unpaired) electrons. The molecule has 1 N–H and O–H groups in total. The topological polar surface area (TPSA) is 60.9 Å². The van der Waals surface area contributed by atoms with Crippen molar-refractivity contribution >= 4 is 12.0 Å². The lowest BCUT2D eigenvalue weighted by Crippen LogP contribution is -2.60. The van der Waals surface area contributed by atoms with E-state index in [1.54, 1.807) is 16.7 Å². The first-order valence-electron chi connectivity index (χ1n) is 7.27. The Morgan fingerprint density at radius 2 is 2.00 bits per heavy atom. The first-order valence-corrected chi connectivity index (χ1v) is 7.27. The molecule has 1 fully saturated rings. The number of likely N-dealkylation sites (tertiary alicyclic amines) is 1. The zero-order valence-electron chi connectivity index (χ0n) is 12.3. The van der Waals surface area contributed by atoms with Crippen molar-refractivity contribution in [3.63, 3.8) is 0 Å². The van der Waals surface area contributed by atoms with Gasteiger partial charge in [0.05, 0.1) is 0 Å². The molecule has 0 aromatic carbocycles. The van der Waals surface area contributed by atoms with Gasteiger partial charge < -0.3 is 14.9 Å². The van der Waals surface area contributed by atoms with E-state index >= 15 is 0 Å². The number of hydrogen-bond acceptors (Lipinski definition) is 2. The Kier molecular flexibility index (Phi) is 5.63. The SMILES string of the molecule is CCCCN(CC)C(=O)N1CCCCC1(C)C(=O)O. The Balaban J connectivity index is 2.84. The summed E-state index contributed by atoms with van der Waals surface area (Å²) in [6.45, 7) is 7.57. The molecule has 1 aliphatic rings. The lowest BCUT2D eigenvalue weighted by Gasteiger charge is -2.43. The van der Waals surface area contributed by atoms with Crippen LogP contribution in [0.5, 0.6) is 0 Å². The molecule has 110 valence electrons. The van der Waals surface area contributed by atoms with Gasteiger partial charge in [0.15, 0.2) is 0 Å². The van der Waals surface area contributed by atoms with E-state index in [9.17, 15) is 14.7 Å². The van der Waals surface area contributed by atoms with Crippen LogP contribution in [0.3, 0.4) is 0 Å². The maximum Gasteiger partial charge on any atom is 0.329 e. The van der Waals surface area contributed by atoms with Gasteiger partial charge in [-0.1, -0.05) is 13.3 Å². The van der Waals surface area contributed by atoms with Crippen LogP contribution in [0.15, 0.2) is 0 Å². The van der Waals surface area contributed by atoms with Crippen molar-refractivity contribution in [2.75, 3.05) is 19.6 Å². The van der Waals surface area contributed by atoms with Crippen LogP contribution >= 0.6 is 0 Å². The molecule has 19 heavy (non-hydrogen) atoms. The molecule has 2 amide bonds. The second-order valence-corrected chi connectivity index (χ2v) is 5.40. The number of carboxylic acids is 1. The molecular formula is C14H26N2O3. The third-order valence-electron chi connectivity index (χ3n) is 4.02. The number of amides is 2. The van der Waals surface area contributed by atoms with Gasteiger partial charge in [-0.3, -0.25) is 0 Å². The average molecular weight is 270 g/mol. The van der Waals surface area contributed by atoms with Gasteiger partial charge in [-0.05, 0) is 39.5 Å². The van der Waals surface area contributed by atoms with Gasteiger partial charge in [0.1, 0.15) is 5.54 Å². The molecule has 0 aliphatic carbocycles. The van der Waals surface area contributed by atoms with Crippen molar-refractivity contribution < 1.29 is 14.7 Å². The average Bonchev–Trinajstić information content (AvgIpc) is 2.39. The number of aliphatic carboxylic acids is 1. The van der Waals surface area contributed by atoms with E-state index in [0.717, 1.165) is 25.7 Å².